The third-order valence-electron chi connectivity index (χ3n) is 6.99. The molecular weight excluding hydrogens is 408 g/mol. The Bertz CT molecular complexity index is 542. The number of rotatable bonds is 16. The lowest BCUT2D eigenvalue weighted by atomic mass is 9.85. The summed E-state index contributed by atoms with van der Waals surface area (Å²) in [5.41, 5.74) is 0. The zero-order valence-electron chi connectivity index (χ0n) is 20.3. The molecule has 2 rings (SSSR count). The molecule has 3 unspecified atom stereocenters. The van der Waals surface area contributed by atoms with Crippen LogP contribution in [0.1, 0.15) is 97.3 Å². The number of allylic oxidation sites excluding steroid dienone is 2. The molecule has 0 amide bonds. The SMILES string of the molecule is CCCCCCCC1(CC[C@H]2C(O)CC(O)C2C/C=C/CCCC(=O)OCC)OCCO1. The Morgan fingerprint density at radius 1 is 0.969 bits per heavy atom. The third kappa shape index (κ3) is 9.12. The molecule has 4 atom stereocenters. The zero-order chi connectivity index (χ0) is 23.2. The van der Waals surface area contributed by atoms with Gasteiger partial charge in [0.1, 0.15) is 0 Å². The first-order valence-electron chi connectivity index (χ1n) is 13.0. The van der Waals surface area contributed by atoms with Crippen LogP contribution in [0.3, 0.4) is 0 Å². The summed E-state index contributed by atoms with van der Waals surface area (Å²) in [5, 5.41) is 21.1. The molecule has 32 heavy (non-hydrogen) atoms. The first-order valence-corrected chi connectivity index (χ1v) is 13.0. The number of aliphatic hydroxyl groups excluding tert-OH is 2. The van der Waals surface area contributed by atoms with E-state index in [0.29, 0.717) is 32.7 Å². The van der Waals surface area contributed by atoms with Gasteiger partial charge in [0.05, 0.1) is 32.0 Å². The van der Waals surface area contributed by atoms with Crippen LogP contribution >= 0.6 is 0 Å². The molecule has 1 saturated heterocycles. The summed E-state index contributed by atoms with van der Waals surface area (Å²) in [6, 6.07) is 0. The molecule has 0 aromatic heterocycles. The van der Waals surface area contributed by atoms with Gasteiger partial charge in [-0.3, -0.25) is 4.79 Å². The molecule has 0 radical (unpaired) electrons. The minimum atomic E-state index is -0.507. The van der Waals surface area contributed by atoms with E-state index in [4.69, 9.17) is 14.2 Å². The lowest BCUT2D eigenvalue weighted by Gasteiger charge is -2.31. The molecule has 1 aliphatic carbocycles. The van der Waals surface area contributed by atoms with Crippen molar-refractivity contribution in [2.75, 3.05) is 19.8 Å². The van der Waals surface area contributed by atoms with Crippen molar-refractivity contribution in [3.8, 4) is 0 Å². The molecule has 1 saturated carbocycles. The standard InChI is InChI=1S/C26H46O6/c1-3-5-6-9-12-16-26(31-18-19-32-26)17-15-22-21(23(27)20-24(22)28)13-10-7-8-11-14-25(29)30-4-2/h7,10,21-24,27-28H,3-6,8-9,11-20H2,1-2H3/b10-7+/t21?,22-,23?,24?/m1/s1. The first kappa shape index (κ1) is 27.3. The molecule has 2 fully saturated rings. The summed E-state index contributed by atoms with van der Waals surface area (Å²) >= 11 is 0. The van der Waals surface area contributed by atoms with Crippen LogP contribution in [0, 0.1) is 11.8 Å². The Labute approximate surface area is 194 Å². The minimum Gasteiger partial charge on any atom is -0.466 e. The molecular formula is C26H46O6. The molecule has 1 heterocycles. The van der Waals surface area contributed by atoms with Crippen molar-refractivity contribution in [1.29, 1.82) is 0 Å². The van der Waals surface area contributed by atoms with Crippen LogP contribution in [-0.4, -0.2) is 54.0 Å². The average Bonchev–Trinajstić information content (AvgIpc) is 3.33. The van der Waals surface area contributed by atoms with E-state index < -0.39 is 18.0 Å². The van der Waals surface area contributed by atoms with Gasteiger partial charge in [0.2, 0.25) is 0 Å². The van der Waals surface area contributed by atoms with Crippen LogP contribution in [-0.2, 0) is 19.0 Å². The van der Waals surface area contributed by atoms with E-state index in [1.807, 2.05) is 6.92 Å². The van der Waals surface area contributed by atoms with Crippen molar-refractivity contribution in [3.63, 3.8) is 0 Å². The maximum atomic E-state index is 11.4. The number of ether oxygens (including phenoxy) is 3. The molecule has 0 bridgehead atoms. The van der Waals surface area contributed by atoms with Crippen molar-refractivity contribution in [2.45, 2.75) is 115 Å². The maximum absolute atomic E-state index is 11.4. The lowest BCUT2D eigenvalue weighted by molar-refractivity contribution is -0.171. The van der Waals surface area contributed by atoms with Gasteiger partial charge in [0, 0.05) is 19.3 Å². The Morgan fingerprint density at radius 2 is 1.69 bits per heavy atom. The average molecular weight is 455 g/mol. The van der Waals surface area contributed by atoms with Crippen molar-refractivity contribution in [2.24, 2.45) is 11.8 Å². The van der Waals surface area contributed by atoms with Crippen LogP contribution in [0.25, 0.3) is 0 Å². The molecule has 0 aromatic carbocycles. The summed E-state index contributed by atoms with van der Waals surface area (Å²) in [7, 11) is 0. The van der Waals surface area contributed by atoms with E-state index in [0.717, 1.165) is 44.9 Å². The first-order chi connectivity index (χ1) is 15.5. The largest absolute Gasteiger partial charge is 0.466 e. The van der Waals surface area contributed by atoms with E-state index in [9.17, 15) is 15.0 Å². The van der Waals surface area contributed by atoms with Crippen molar-refractivity contribution < 1.29 is 29.2 Å². The van der Waals surface area contributed by atoms with Crippen molar-refractivity contribution >= 4 is 5.97 Å². The van der Waals surface area contributed by atoms with Crippen LogP contribution in [0.2, 0.25) is 0 Å². The third-order valence-corrected chi connectivity index (χ3v) is 6.99. The predicted molar refractivity (Wildman–Crippen MR) is 125 cm³/mol. The highest BCUT2D eigenvalue weighted by Gasteiger charge is 2.43. The van der Waals surface area contributed by atoms with Gasteiger partial charge in [0.15, 0.2) is 5.79 Å². The number of unbranched alkanes of at least 4 members (excludes halogenated alkanes) is 5. The van der Waals surface area contributed by atoms with E-state index in [1.54, 1.807) is 0 Å². The molecule has 2 aliphatic rings. The minimum absolute atomic E-state index is 0.0503. The van der Waals surface area contributed by atoms with Crippen LogP contribution in [0.15, 0.2) is 12.2 Å². The number of carbonyl (C=O) groups excluding carboxylic acids is 1. The summed E-state index contributed by atoms with van der Waals surface area (Å²) in [4.78, 5) is 11.4. The zero-order valence-corrected chi connectivity index (χ0v) is 20.3. The Hall–Kier alpha value is -0.950. The highest BCUT2D eigenvalue weighted by atomic mass is 16.7. The second-order valence-electron chi connectivity index (χ2n) is 9.41. The van der Waals surface area contributed by atoms with Gasteiger partial charge in [-0.1, -0.05) is 44.8 Å². The van der Waals surface area contributed by atoms with E-state index in [2.05, 4.69) is 19.1 Å². The summed E-state index contributed by atoms with van der Waals surface area (Å²) in [5.74, 6) is -0.549. The van der Waals surface area contributed by atoms with E-state index in [-0.39, 0.29) is 17.8 Å². The van der Waals surface area contributed by atoms with Crippen molar-refractivity contribution in [3.05, 3.63) is 12.2 Å². The normalized spacial score (nSPS) is 27.4. The Morgan fingerprint density at radius 3 is 2.41 bits per heavy atom. The fourth-order valence-electron chi connectivity index (χ4n) is 5.17. The number of aliphatic hydroxyl groups is 2. The highest BCUT2D eigenvalue weighted by Crippen LogP contribution is 2.41. The van der Waals surface area contributed by atoms with Gasteiger partial charge in [-0.05, 0) is 57.3 Å². The smallest absolute Gasteiger partial charge is 0.305 e. The van der Waals surface area contributed by atoms with Crippen molar-refractivity contribution in [1.82, 2.24) is 0 Å². The molecule has 0 aromatic rings. The molecule has 6 nitrogen and oxygen atoms in total. The Balaban J connectivity index is 1.79. The van der Waals surface area contributed by atoms with Gasteiger partial charge in [-0.15, -0.1) is 0 Å². The molecule has 186 valence electrons. The van der Waals surface area contributed by atoms with Crippen LogP contribution < -0.4 is 0 Å². The van der Waals surface area contributed by atoms with E-state index in [1.165, 1.54) is 25.7 Å². The van der Waals surface area contributed by atoms with E-state index >= 15 is 0 Å². The lowest BCUT2D eigenvalue weighted by Crippen LogP contribution is -2.33. The number of hydrogen-bond donors (Lipinski definition) is 2. The second kappa shape index (κ2) is 15.0. The fourth-order valence-corrected chi connectivity index (χ4v) is 5.17. The number of carbonyl (C=O) groups is 1. The topological polar surface area (TPSA) is 85.2 Å². The molecule has 0 spiro atoms. The fraction of sp³-hybridized carbons (Fsp3) is 0.885. The molecule has 2 N–H and O–H groups in total. The highest BCUT2D eigenvalue weighted by molar-refractivity contribution is 5.69. The van der Waals surface area contributed by atoms with Gasteiger partial charge < -0.3 is 24.4 Å². The number of hydrogen-bond acceptors (Lipinski definition) is 6. The van der Waals surface area contributed by atoms with Gasteiger partial charge in [-0.25, -0.2) is 0 Å². The monoisotopic (exact) mass is 454 g/mol. The summed E-state index contributed by atoms with van der Waals surface area (Å²) in [6.07, 6.45) is 15.0. The summed E-state index contributed by atoms with van der Waals surface area (Å²) < 4.78 is 17.0. The van der Waals surface area contributed by atoms with Gasteiger partial charge >= 0.3 is 5.97 Å². The Kier molecular flexibility index (Phi) is 12.8. The predicted octanol–water partition coefficient (Wildman–Crippen LogP) is 4.91. The quantitative estimate of drug-likeness (QED) is 0.196. The van der Waals surface area contributed by atoms with Gasteiger partial charge in [-0.2, -0.15) is 0 Å². The van der Waals surface area contributed by atoms with Crippen LogP contribution in [0.5, 0.6) is 0 Å². The van der Waals surface area contributed by atoms with Gasteiger partial charge in [0.25, 0.3) is 0 Å². The number of esters is 1. The molecule has 6 heteroatoms. The summed E-state index contributed by atoms with van der Waals surface area (Å²) in [6.45, 7) is 5.75. The maximum Gasteiger partial charge on any atom is 0.305 e. The second-order valence-corrected chi connectivity index (χ2v) is 9.41. The van der Waals surface area contributed by atoms with Crippen LogP contribution in [0.4, 0.5) is 0 Å². The molecule has 1 aliphatic heterocycles.